The van der Waals surface area contributed by atoms with Crippen LogP contribution in [0.25, 0.3) is 0 Å². The van der Waals surface area contributed by atoms with E-state index in [1.165, 1.54) is 44.9 Å². The first-order chi connectivity index (χ1) is 10.2. The summed E-state index contributed by atoms with van der Waals surface area (Å²) in [5, 5.41) is 6.59. The maximum absolute atomic E-state index is 12.1. The fourth-order valence-corrected chi connectivity index (χ4v) is 5.07. The lowest BCUT2D eigenvalue weighted by Gasteiger charge is -2.28. The van der Waals surface area contributed by atoms with E-state index in [9.17, 15) is 4.79 Å². The van der Waals surface area contributed by atoms with Gasteiger partial charge in [-0.25, -0.2) is 0 Å². The fraction of sp³-hybridized carbons (Fsp3) is 0.944. The molecule has 2 bridgehead atoms. The van der Waals surface area contributed by atoms with Crippen molar-refractivity contribution in [1.82, 2.24) is 10.6 Å². The summed E-state index contributed by atoms with van der Waals surface area (Å²) in [6.07, 6.45) is 10.3. The number of rotatable bonds is 6. The van der Waals surface area contributed by atoms with Crippen LogP contribution in [0.1, 0.15) is 58.3 Å². The van der Waals surface area contributed by atoms with Crippen LogP contribution in [0.15, 0.2) is 0 Å². The Kier molecular flexibility index (Phi) is 7.01. The topological polar surface area (TPSA) is 41.1 Å². The molecule has 2 N–H and O–H groups in total. The zero-order valence-electron chi connectivity index (χ0n) is 14.0. The Morgan fingerprint density at radius 3 is 2.59 bits per heavy atom. The fourth-order valence-electron chi connectivity index (χ4n) is 5.07. The third-order valence-corrected chi connectivity index (χ3v) is 6.42. The molecule has 3 nitrogen and oxygen atoms in total. The van der Waals surface area contributed by atoms with Gasteiger partial charge in [-0.2, -0.15) is 0 Å². The molecule has 2 aliphatic carbocycles. The van der Waals surface area contributed by atoms with Gasteiger partial charge in [0.05, 0.1) is 0 Å². The van der Waals surface area contributed by atoms with Crippen LogP contribution in [0.2, 0.25) is 0 Å². The summed E-state index contributed by atoms with van der Waals surface area (Å²) in [6, 6.07) is 0. The van der Waals surface area contributed by atoms with Crippen LogP contribution in [0, 0.1) is 29.6 Å². The lowest BCUT2D eigenvalue weighted by Crippen LogP contribution is -2.34. The van der Waals surface area contributed by atoms with Gasteiger partial charge in [0.1, 0.15) is 0 Å². The van der Waals surface area contributed by atoms with Crippen molar-refractivity contribution in [2.45, 2.75) is 58.3 Å². The van der Waals surface area contributed by atoms with E-state index in [2.05, 4.69) is 17.6 Å². The molecule has 4 heteroatoms. The maximum atomic E-state index is 12.1. The molecule has 0 radical (unpaired) electrons. The highest BCUT2D eigenvalue weighted by molar-refractivity contribution is 5.85. The van der Waals surface area contributed by atoms with Crippen LogP contribution in [0.3, 0.4) is 0 Å². The van der Waals surface area contributed by atoms with Crippen molar-refractivity contribution >= 4 is 18.3 Å². The lowest BCUT2D eigenvalue weighted by atomic mass is 9.84. The summed E-state index contributed by atoms with van der Waals surface area (Å²) in [4.78, 5) is 12.1. The van der Waals surface area contributed by atoms with Gasteiger partial charge in [-0.3, -0.25) is 4.79 Å². The second kappa shape index (κ2) is 8.54. The molecular formula is C18H33ClN2O. The highest BCUT2D eigenvalue weighted by atomic mass is 35.5. The standard InChI is InChI=1S/C18H32N2O.ClH/c1-13(15-4-7-19-8-5-15)10-18(21)20-9-6-17-12-14-2-3-16(17)11-14;/h13-17,19H,2-12H2,1H3,(H,20,21);1H. The van der Waals surface area contributed by atoms with Gasteiger partial charge in [0.25, 0.3) is 0 Å². The van der Waals surface area contributed by atoms with Gasteiger partial charge < -0.3 is 10.6 Å². The van der Waals surface area contributed by atoms with Crippen molar-refractivity contribution in [2.24, 2.45) is 29.6 Å². The largest absolute Gasteiger partial charge is 0.356 e. The number of hydrogen-bond donors (Lipinski definition) is 2. The first-order valence-corrected chi connectivity index (χ1v) is 9.19. The minimum atomic E-state index is 0. The van der Waals surface area contributed by atoms with E-state index >= 15 is 0 Å². The molecule has 0 aromatic carbocycles. The van der Waals surface area contributed by atoms with Gasteiger partial charge >= 0.3 is 0 Å². The van der Waals surface area contributed by atoms with Gasteiger partial charge in [0, 0.05) is 13.0 Å². The van der Waals surface area contributed by atoms with Crippen LogP contribution in [0.5, 0.6) is 0 Å². The third kappa shape index (κ3) is 4.61. The number of fused-ring (bicyclic) bond motifs is 2. The van der Waals surface area contributed by atoms with E-state index < -0.39 is 0 Å². The van der Waals surface area contributed by atoms with E-state index in [1.54, 1.807) is 0 Å². The maximum Gasteiger partial charge on any atom is 0.220 e. The average Bonchev–Trinajstić information content (AvgIpc) is 3.11. The Labute approximate surface area is 141 Å². The molecule has 4 unspecified atom stereocenters. The minimum Gasteiger partial charge on any atom is -0.356 e. The summed E-state index contributed by atoms with van der Waals surface area (Å²) in [5.41, 5.74) is 0. The van der Waals surface area contributed by atoms with Gasteiger partial charge in [-0.05, 0) is 81.2 Å². The number of piperidine rings is 1. The summed E-state index contributed by atoms with van der Waals surface area (Å²) >= 11 is 0. The van der Waals surface area contributed by atoms with Gasteiger partial charge in [-0.1, -0.05) is 13.3 Å². The van der Waals surface area contributed by atoms with Crippen molar-refractivity contribution in [3.8, 4) is 0 Å². The molecule has 128 valence electrons. The molecule has 2 saturated carbocycles. The van der Waals surface area contributed by atoms with Crippen LogP contribution >= 0.6 is 12.4 Å². The van der Waals surface area contributed by atoms with E-state index in [1.807, 2.05) is 0 Å². The van der Waals surface area contributed by atoms with Crippen LogP contribution in [-0.4, -0.2) is 25.5 Å². The number of amides is 1. The molecular weight excluding hydrogens is 296 g/mol. The molecule has 3 rings (SSSR count). The normalized spacial score (nSPS) is 32.5. The summed E-state index contributed by atoms with van der Waals surface area (Å²) in [5.74, 6) is 4.48. The highest BCUT2D eigenvalue weighted by Gasteiger charge is 2.38. The van der Waals surface area contributed by atoms with Crippen LogP contribution < -0.4 is 10.6 Å². The molecule has 1 aliphatic heterocycles. The molecule has 0 spiro atoms. The predicted molar refractivity (Wildman–Crippen MR) is 93.2 cm³/mol. The Bertz CT molecular complexity index is 357. The number of hydrogen-bond acceptors (Lipinski definition) is 2. The lowest BCUT2D eigenvalue weighted by molar-refractivity contribution is -0.122. The number of nitrogens with one attached hydrogen (secondary N) is 2. The SMILES string of the molecule is CC(CC(=O)NCCC1CC2CCC1C2)C1CCNCC1.Cl. The average molecular weight is 329 g/mol. The molecule has 0 aromatic heterocycles. The van der Waals surface area contributed by atoms with Gasteiger partial charge in [0.15, 0.2) is 0 Å². The van der Waals surface area contributed by atoms with E-state index in [0.29, 0.717) is 5.92 Å². The van der Waals surface area contributed by atoms with Crippen molar-refractivity contribution in [2.75, 3.05) is 19.6 Å². The van der Waals surface area contributed by atoms with Crippen LogP contribution in [0.4, 0.5) is 0 Å². The van der Waals surface area contributed by atoms with Gasteiger partial charge in [0.2, 0.25) is 5.91 Å². The Hall–Kier alpha value is -0.280. The van der Waals surface area contributed by atoms with Crippen molar-refractivity contribution in [3.05, 3.63) is 0 Å². The summed E-state index contributed by atoms with van der Waals surface area (Å²) in [7, 11) is 0. The molecule has 0 aromatic rings. The molecule has 3 aliphatic rings. The summed E-state index contributed by atoms with van der Waals surface area (Å²) < 4.78 is 0. The second-order valence-electron chi connectivity index (χ2n) is 7.84. The number of carbonyl (C=O) groups is 1. The van der Waals surface area contributed by atoms with E-state index in [0.717, 1.165) is 49.7 Å². The molecule has 4 atom stereocenters. The second-order valence-corrected chi connectivity index (χ2v) is 7.84. The zero-order chi connectivity index (χ0) is 14.7. The monoisotopic (exact) mass is 328 g/mol. The molecule has 1 amide bonds. The zero-order valence-corrected chi connectivity index (χ0v) is 14.8. The van der Waals surface area contributed by atoms with E-state index in [-0.39, 0.29) is 18.3 Å². The van der Waals surface area contributed by atoms with Crippen LogP contribution in [-0.2, 0) is 4.79 Å². The van der Waals surface area contributed by atoms with Crippen molar-refractivity contribution < 1.29 is 4.79 Å². The molecule has 22 heavy (non-hydrogen) atoms. The van der Waals surface area contributed by atoms with Crippen molar-refractivity contribution in [1.29, 1.82) is 0 Å². The smallest absolute Gasteiger partial charge is 0.220 e. The molecule has 1 heterocycles. The predicted octanol–water partition coefficient (Wildman–Crippen LogP) is 3.38. The number of carbonyl (C=O) groups excluding carboxylic acids is 1. The quantitative estimate of drug-likeness (QED) is 0.784. The number of halogens is 1. The summed E-state index contributed by atoms with van der Waals surface area (Å²) in [6.45, 7) is 5.42. The first kappa shape index (κ1) is 18.1. The molecule has 1 saturated heterocycles. The van der Waals surface area contributed by atoms with Gasteiger partial charge in [-0.15, -0.1) is 12.4 Å². The van der Waals surface area contributed by atoms with Crippen molar-refractivity contribution in [3.63, 3.8) is 0 Å². The molecule has 3 fully saturated rings. The Morgan fingerprint density at radius 2 is 1.95 bits per heavy atom. The third-order valence-electron chi connectivity index (χ3n) is 6.42. The van der Waals surface area contributed by atoms with E-state index in [4.69, 9.17) is 0 Å². The Balaban J connectivity index is 0.00000176. The Morgan fingerprint density at radius 1 is 1.18 bits per heavy atom. The first-order valence-electron chi connectivity index (χ1n) is 9.19. The highest BCUT2D eigenvalue weighted by Crippen LogP contribution is 2.49. The minimum absolute atomic E-state index is 0.